The van der Waals surface area contributed by atoms with Gasteiger partial charge < -0.3 is 20.3 Å². The van der Waals surface area contributed by atoms with Gasteiger partial charge in [-0.3, -0.25) is 23.8 Å². The van der Waals surface area contributed by atoms with E-state index in [2.05, 4.69) is 15.4 Å². The summed E-state index contributed by atoms with van der Waals surface area (Å²) in [5.41, 5.74) is 0.196. The molecule has 1 aliphatic rings. The number of carbonyl (C=O) groups excluding carboxylic acids is 1. The first-order valence-electron chi connectivity index (χ1n) is 10.3. The van der Waals surface area contributed by atoms with E-state index >= 15 is 0 Å². The van der Waals surface area contributed by atoms with Crippen LogP contribution in [0.25, 0.3) is 10.9 Å². The Bertz CT molecular complexity index is 1230. The number of aliphatic hydroxyl groups excluding tert-OH is 2. The molecule has 4 rings (SSSR count). The minimum atomic E-state index is -1.35. The molecule has 170 valence electrons. The predicted octanol–water partition coefficient (Wildman–Crippen LogP) is -1.11. The largest absolute Gasteiger partial charge is 0.388 e. The van der Waals surface area contributed by atoms with Gasteiger partial charge in [-0.15, -0.1) is 0 Å². The average Bonchev–Trinajstić information content (AvgIpc) is 3.19. The van der Waals surface area contributed by atoms with Gasteiger partial charge in [0.2, 0.25) is 5.91 Å². The van der Waals surface area contributed by atoms with Crippen LogP contribution in [0.4, 0.5) is 0 Å². The molecule has 1 aromatic carbocycles. The van der Waals surface area contributed by atoms with Gasteiger partial charge in [-0.05, 0) is 25.1 Å². The third-order valence-electron chi connectivity index (χ3n) is 5.73. The topological polar surface area (TPSA) is 151 Å². The van der Waals surface area contributed by atoms with E-state index in [9.17, 15) is 24.6 Å². The second kappa shape index (κ2) is 9.07. The zero-order chi connectivity index (χ0) is 22.8. The van der Waals surface area contributed by atoms with Crippen molar-refractivity contribution in [1.82, 2.24) is 24.6 Å². The van der Waals surface area contributed by atoms with E-state index in [4.69, 9.17) is 4.74 Å². The molecule has 0 unspecified atom stereocenters. The normalized spacial score (nSPS) is 23.3. The van der Waals surface area contributed by atoms with Crippen LogP contribution in [0.3, 0.4) is 0 Å². The van der Waals surface area contributed by atoms with Gasteiger partial charge in [0.15, 0.2) is 0 Å². The molecule has 1 saturated heterocycles. The van der Waals surface area contributed by atoms with Crippen molar-refractivity contribution in [2.75, 3.05) is 6.61 Å². The molecule has 0 spiro atoms. The standard InChI is InChI=1S/C21H25N5O6/c1-12-6-8-22-26(12)9-7-17(27)23-14-11-32-16(19(29)18(14)28)10-25-15-5-3-2-4-13(15)20(30)24-21(25)31/h2-6,8,14,16,18-19,28-29H,7,9-11H2,1H3,(H,23,27)(H,24,30,31)/t14-,16-,18+,19-/m1/s1. The molecule has 3 aromatic rings. The molecular formula is C21H25N5O6. The van der Waals surface area contributed by atoms with Gasteiger partial charge in [-0.2, -0.15) is 5.10 Å². The summed E-state index contributed by atoms with van der Waals surface area (Å²) < 4.78 is 8.68. The molecule has 4 N–H and O–H groups in total. The Morgan fingerprint density at radius 2 is 2.03 bits per heavy atom. The number of ether oxygens (including phenoxy) is 1. The molecular weight excluding hydrogens is 418 g/mol. The summed E-state index contributed by atoms with van der Waals surface area (Å²) >= 11 is 0. The Morgan fingerprint density at radius 1 is 1.25 bits per heavy atom. The van der Waals surface area contributed by atoms with Crippen molar-refractivity contribution in [2.45, 2.75) is 50.8 Å². The fourth-order valence-electron chi connectivity index (χ4n) is 3.89. The fraction of sp³-hybridized carbons (Fsp3) is 0.429. The van der Waals surface area contributed by atoms with Crippen molar-refractivity contribution in [2.24, 2.45) is 0 Å². The number of amides is 1. The highest BCUT2D eigenvalue weighted by molar-refractivity contribution is 5.77. The van der Waals surface area contributed by atoms with Gasteiger partial charge in [0.25, 0.3) is 5.56 Å². The number of aryl methyl sites for hydroxylation is 2. The summed E-state index contributed by atoms with van der Waals surface area (Å²) in [6.45, 7) is 2.16. The minimum Gasteiger partial charge on any atom is -0.388 e. The zero-order valence-electron chi connectivity index (χ0n) is 17.5. The van der Waals surface area contributed by atoms with Crippen LogP contribution >= 0.6 is 0 Å². The molecule has 32 heavy (non-hydrogen) atoms. The van der Waals surface area contributed by atoms with Crippen molar-refractivity contribution in [3.05, 3.63) is 63.1 Å². The van der Waals surface area contributed by atoms with E-state index in [1.54, 1.807) is 35.1 Å². The third kappa shape index (κ3) is 4.35. The van der Waals surface area contributed by atoms with E-state index in [-0.39, 0.29) is 25.5 Å². The van der Waals surface area contributed by atoms with Gasteiger partial charge in [-0.25, -0.2) is 4.79 Å². The highest BCUT2D eigenvalue weighted by Crippen LogP contribution is 2.18. The van der Waals surface area contributed by atoms with Gasteiger partial charge in [-0.1, -0.05) is 12.1 Å². The number of benzene rings is 1. The lowest BCUT2D eigenvalue weighted by Gasteiger charge is -2.38. The zero-order valence-corrected chi connectivity index (χ0v) is 17.5. The van der Waals surface area contributed by atoms with Crippen molar-refractivity contribution in [1.29, 1.82) is 0 Å². The number of H-pyrrole nitrogens is 1. The number of fused-ring (bicyclic) bond motifs is 1. The summed E-state index contributed by atoms with van der Waals surface area (Å²) in [7, 11) is 0. The predicted molar refractivity (Wildman–Crippen MR) is 114 cm³/mol. The van der Waals surface area contributed by atoms with E-state index in [0.717, 1.165) is 5.69 Å². The van der Waals surface area contributed by atoms with Crippen LogP contribution in [0.2, 0.25) is 0 Å². The maximum atomic E-state index is 12.4. The van der Waals surface area contributed by atoms with E-state index in [0.29, 0.717) is 17.4 Å². The molecule has 11 nitrogen and oxygen atoms in total. The first-order valence-corrected chi connectivity index (χ1v) is 10.3. The number of aromatic nitrogens is 4. The maximum Gasteiger partial charge on any atom is 0.328 e. The van der Waals surface area contributed by atoms with Crippen LogP contribution in [0.15, 0.2) is 46.1 Å². The van der Waals surface area contributed by atoms with Crippen molar-refractivity contribution in [3.8, 4) is 0 Å². The highest BCUT2D eigenvalue weighted by Gasteiger charge is 2.39. The molecule has 3 heterocycles. The molecule has 2 aromatic heterocycles. The summed E-state index contributed by atoms with van der Waals surface area (Å²) in [6, 6.07) is 7.64. The Kier molecular flexibility index (Phi) is 6.21. The summed E-state index contributed by atoms with van der Waals surface area (Å²) in [5, 5.41) is 28.3. The van der Waals surface area contributed by atoms with Crippen LogP contribution in [0, 0.1) is 6.92 Å². The van der Waals surface area contributed by atoms with Gasteiger partial charge in [0.1, 0.15) is 18.3 Å². The number of nitrogens with one attached hydrogen (secondary N) is 2. The Morgan fingerprint density at radius 3 is 2.78 bits per heavy atom. The number of hydrogen-bond donors (Lipinski definition) is 4. The van der Waals surface area contributed by atoms with E-state index < -0.39 is 35.6 Å². The summed E-state index contributed by atoms with van der Waals surface area (Å²) in [6.07, 6.45) is -1.73. The van der Waals surface area contributed by atoms with E-state index in [1.807, 2.05) is 13.0 Å². The first kappa shape index (κ1) is 21.9. The van der Waals surface area contributed by atoms with Crippen LogP contribution in [-0.2, 0) is 22.6 Å². The molecule has 0 aliphatic carbocycles. The second-order valence-corrected chi connectivity index (χ2v) is 7.86. The van der Waals surface area contributed by atoms with Crippen molar-refractivity contribution >= 4 is 16.8 Å². The molecule has 1 amide bonds. The number of nitrogens with zero attached hydrogens (tertiary/aromatic N) is 3. The number of rotatable bonds is 6. The smallest absolute Gasteiger partial charge is 0.328 e. The number of aliphatic hydroxyl groups is 2. The molecule has 1 fully saturated rings. The van der Waals surface area contributed by atoms with Crippen molar-refractivity contribution < 1.29 is 19.7 Å². The molecule has 11 heteroatoms. The number of para-hydroxylation sites is 1. The lowest BCUT2D eigenvalue weighted by atomic mass is 9.97. The van der Waals surface area contributed by atoms with Gasteiger partial charge in [0.05, 0.1) is 30.1 Å². The number of hydrogen-bond acceptors (Lipinski definition) is 7. The van der Waals surface area contributed by atoms with Gasteiger partial charge in [0, 0.05) is 24.9 Å². The molecule has 0 saturated carbocycles. The Balaban J connectivity index is 1.41. The Hall–Kier alpha value is -3.28. The SMILES string of the molecule is Cc1ccnn1CCC(=O)N[C@@H]1CO[C@H](Cn2c(=O)[nH]c(=O)c3ccccc32)[C@@H](O)[C@H]1O. The van der Waals surface area contributed by atoms with E-state index in [1.165, 1.54) is 4.57 Å². The molecule has 1 aliphatic heterocycles. The van der Waals surface area contributed by atoms with Crippen LogP contribution < -0.4 is 16.6 Å². The average molecular weight is 443 g/mol. The number of aromatic amines is 1. The first-order chi connectivity index (χ1) is 15.3. The monoisotopic (exact) mass is 443 g/mol. The summed E-state index contributed by atoms with van der Waals surface area (Å²) in [4.78, 5) is 38.9. The fourth-order valence-corrected chi connectivity index (χ4v) is 3.89. The minimum absolute atomic E-state index is 0.0362. The lowest BCUT2D eigenvalue weighted by molar-refractivity contribution is -0.158. The highest BCUT2D eigenvalue weighted by atomic mass is 16.5. The van der Waals surface area contributed by atoms with Crippen LogP contribution in [0.5, 0.6) is 0 Å². The van der Waals surface area contributed by atoms with Crippen LogP contribution in [-0.4, -0.2) is 66.4 Å². The second-order valence-electron chi connectivity index (χ2n) is 7.86. The van der Waals surface area contributed by atoms with Crippen LogP contribution in [0.1, 0.15) is 12.1 Å². The summed E-state index contributed by atoms with van der Waals surface area (Å²) in [5.74, 6) is -0.305. The quantitative estimate of drug-likeness (QED) is 0.377. The lowest BCUT2D eigenvalue weighted by Crippen LogP contribution is -2.60. The van der Waals surface area contributed by atoms with Gasteiger partial charge >= 0.3 is 5.69 Å². The third-order valence-corrected chi connectivity index (χ3v) is 5.73. The van der Waals surface area contributed by atoms with Crippen molar-refractivity contribution in [3.63, 3.8) is 0 Å². The molecule has 4 atom stereocenters. The molecule has 0 radical (unpaired) electrons. The maximum absolute atomic E-state index is 12.4. The molecule has 0 bridgehead atoms. The Labute approximate surface area is 182 Å². The number of carbonyl (C=O) groups is 1.